The van der Waals surface area contributed by atoms with Crippen molar-refractivity contribution in [2.24, 2.45) is 0 Å². The third-order valence-electron chi connectivity index (χ3n) is 3.23. The van der Waals surface area contributed by atoms with E-state index in [9.17, 15) is 4.79 Å². The van der Waals surface area contributed by atoms with Crippen LogP contribution in [0.3, 0.4) is 0 Å². The van der Waals surface area contributed by atoms with Gasteiger partial charge in [0.1, 0.15) is 6.04 Å². The Morgan fingerprint density at radius 3 is 2.39 bits per heavy atom. The van der Waals surface area contributed by atoms with Crippen molar-refractivity contribution in [3.05, 3.63) is 0 Å². The van der Waals surface area contributed by atoms with Gasteiger partial charge in [-0.25, -0.2) is 0 Å². The van der Waals surface area contributed by atoms with Crippen molar-refractivity contribution in [2.75, 3.05) is 26.9 Å². The highest BCUT2D eigenvalue weighted by molar-refractivity contribution is 5.75. The molecule has 18 heavy (non-hydrogen) atoms. The Morgan fingerprint density at radius 2 is 1.94 bits per heavy atom. The van der Waals surface area contributed by atoms with Crippen molar-refractivity contribution in [2.45, 2.75) is 59.0 Å². The Hall–Kier alpha value is -0.610. The summed E-state index contributed by atoms with van der Waals surface area (Å²) in [4.78, 5) is 14.3. The Balaban J connectivity index is 4.76. The van der Waals surface area contributed by atoms with Gasteiger partial charge in [-0.15, -0.1) is 0 Å². The summed E-state index contributed by atoms with van der Waals surface area (Å²) in [5.74, 6) is -0.101. The highest BCUT2D eigenvalue weighted by Gasteiger charge is 2.28. The Kier molecular flexibility index (Phi) is 9.98. The second-order valence-electron chi connectivity index (χ2n) is 4.54. The van der Waals surface area contributed by atoms with E-state index < -0.39 is 0 Å². The molecule has 0 aromatic rings. The van der Waals surface area contributed by atoms with E-state index in [-0.39, 0.29) is 12.0 Å². The number of hydrogen-bond acceptors (Lipinski definition) is 4. The van der Waals surface area contributed by atoms with Gasteiger partial charge in [-0.05, 0) is 26.7 Å². The van der Waals surface area contributed by atoms with Gasteiger partial charge in [0.05, 0.1) is 13.2 Å². The van der Waals surface area contributed by atoms with Crippen LogP contribution in [-0.2, 0) is 14.3 Å². The number of methoxy groups -OCH3 is 1. The van der Waals surface area contributed by atoms with Crippen LogP contribution in [0.4, 0.5) is 0 Å². The van der Waals surface area contributed by atoms with Crippen LogP contribution in [0.2, 0.25) is 0 Å². The molecule has 0 radical (unpaired) electrons. The van der Waals surface area contributed by atoms with Crippen molar-refractivity contribution in [3.8, 4) is 0 Å². The van der Waals surface area contributed by atoms with Crippen molar-refractivity contribution >= 4 is 5.97 Å². The van der Waals surface area contributed by atoms with Crippen LogP contribution in [0.15, 0.2) is 0 Å². The molecule has 0 bridgehead atoms. The van der Waals surface area contributed by atoms with E-state index in [1.165, 1.54) is 0 Å². The zero-order valence-electron chi connectivity index (χ0n) is 12.6. The Labute approximate surface area is 112 Å². The predicted molar refractivity (Wildman–Crippen MR) is 73.7 cm³/mol. The maximum absolute atomic E-state index is 12.1. The minimum absolute atomic E-state index is 0.101. The molecule has 0 saturated carbocycles. The number of rotatable bonds is 10. The maximum atomic E-state index is 12.1. The molecular weight excluding hydrogens is 230 g/mol. The molecule has 108 valence electrons. The van der Waals surface area contributed by atoms with Crippen molar-refractivity contribution in [1.29, 1.82) is 0 Å². The summed E-state index contributed by atoms with van der Waals surface area (Å²) in [6, 6.07) is 0.223. The fourth-order valence-corrected chi connectivity index (χ4v) is 2.05. The molecule has 0 aliphatic carbocycles. The lowest BCUT2D eigenvalue weighted by molar-refractivity contribution is -0.151. The number of esters is 1. The minimum Gasteiger partial charge on any atom is -0.465 e. The number of carbonyl (C=O) groups excluding carboxylic acids is 1. The van der Waals surface area contributed by atoms with E-state index in [0.29, 0.717) is 19.3 Å². The van der Waals surface area contributed by atoms with Crippen LogP contribution in [-0.4, -0.2) is 49.8 Å². The molecular formula is C14H29NO3. The first-order chi connectivity index (χ1) is 8.62. The first-order valence-electron chi connectivity index (χ1n) is 7.03. The molecule has 0 aromatic heterocycles. The molecule has 0 rings (SSSR count). The van der Waals surface area contributed by atoms with Crippen molar-refractivity contribution in [1.82, 2.24) is 4.90 Å². The molecule has 0 spiro atoms. The van der Waals surface area contributed by atoms with Crippen molar-refractivity contribution < 1.29 is 14.3 Å². The monoisotopic (exact) mass is 259 g/mol. The van der Waals surface area contributed by atoms with Crippen LogP contribution in [0.25, 0.3) is 0 Å². The Bertz CT molecular complexity index is 221. The molecule has 0 aromatic carbocycles. The highest BCUT2D eigenvalue weighted by atomic mass is 16.5. The van der Waals surface area contributed by atoms with Crippen LogP contribution in [0.5, 0.6) is 0 Å². The van der Waals surface area contributed by atoms with E-state index in [2.05, 4.69) is 25.7 Å². The zero-order chi connectivity index (χ0) is 14.0. The highest BCUT2D eigenvalue weighted by Crippen LogP contribution is 2.15. The van der Waals surface area contributed by atoms with E-state index in [0.717, 1.165) is 25.8 Å². The van der Waals surface area contributed by atoms with Gasteiger partial charge in [0.2, 0.25) is 0 Å². The second-order valence-corrected chi connectivity index (χ2v) is 4.54. The molecule has 0 aliphatic heterocycles. The largest absolute Gasteiger partial charge is 0.465 e. The van der Waals surface area contributed by atoms with E-state index in [1.807, 2.05) is 6.92 Å². The SMILES string of the molecule is CCCC(C(=O)OCC)N(CCOC)C(C)CC. The molecule has 2 atom stereocenters. The van der Waals surface area contributed by atoms with Crippen LogP contribution in [0, 0.1) is 0 Å². The molecule has 2 unspecified atom stereocenters. The Morgan fingerprint density at radius 1 is 1.28 bits per heavy atom. The van der Waals surface area contributed by atoms with Crippen LogP contribution in [0.1, 0.15) is 47.0 Å². The smallest absolute Gasteiger partial charge is 0.323 e. The molecule has 0 amide bonds. The quantitative estimate of drug-likeness (QED) is 0.565. The lowest BCUT2D eigenvalue weighted by atomic mass is 10.1. The van der Waals surface area contributed by atoms with E-state index in [4.69, 9.17) is 9.47 Å². The molecule has 0 aliphatic rings. The summed E-state index contributed by atoms with van der Waals surface area (Å²) < 4.78 is 10.3. The van der Waals surface area contributed by atoms with Gasteiger partial charge >= 0.3 is 5.97 Å². The first-order valence-corrected chi connectivity index (χ1v) is 7.03. The van der Waals surface area contributed by atoms with Crippen LogP contribution < -0.4 is 0 Å². The van der Waals surface area contributed by atoms with E-state index in [1.54, 1.807) is 7.11 Å². The van der Waals surface area contributed by atoms with Gasteiger partial charge in [-0.3, -0.25) is 9.69 Å². The van der Waals surface area contributed by atoms with Gasteiger partial charge in [0.15, 0.2) is 0 Å². The lowest BCUT2D eigenvalue weighted by Crippen LogP contribution is -2.48. The molecule has 0 N–H and O–H groups in total. The van der Waals surface area contributed by atoms with Gasteiger partial charge in [-0.1, -0.05) is 20.3 Å². The fraction of sp³-hybridized carbons (Fsp3) is 0.929. The zero-order valence-corrected chi connectivity index (χ0v) is 12.6. The second kappa shape index (κ2) is 10.3. The number of nitrogens with zero attached hydrogens (tertiary/aromatic N) is 1. The third kappa shape index (κ3) is 5.83. The fourth-order valence-electron chi connectivity index (χ4n) is 2.05. The summed E-state index contributed by atoms with van der Waals surface area (Å²) >= 11 is 0. The molecule has 0 fully saturated rings. The van der Waals surface area contributed by atoms with Crippen molar-refractivity contribution in [3.63, 3.8) is 0 Å². The average molecular weight is 259 g/mol. The summed E-state index contributed by atoms with van der Waals surface area (Å²) in [6.45, 7) is 10.1. The topological polar surface area (TPSA) is 38.8 Å². The number of ether oxygens (including phenoxy) is 2. The molecule has 0 saturated heterocycles. The maximum Gasteiger partial charge on any atom is 0.323 e. The minimum atomic E-state index is -0.139. The summed E-state index contributed by atoms with van der Waals surface area (Å²) in [6.07, 6.45) is 2.83. The normalized spacial score (nSPS) is 14.6. The summed E-state index contributed by atoms with van der Waals surface area (Å²) in [5.41, 5.74) is 0. The molecule has 4 heteroatoms. The predicted octanol–water partition coefficient (Wildman–Crippen LogP) is 2.47. The average Bonchev–Trinajstić information content (AvgIpc) is 2.37. The van der Waals surface area contributed by atoms with Gasteiger partial charge in [0.25, 0.3) is 0 Å². The molecule has 0 heterocycles. The van der Waals surface area contributed by atoms with Crippen LogP contribution >= 0.6 is 0 Å². The van der Waals surface area contributed by atoms with Gasteiger partial charge in [-0.2, -0.15) is 0 Å². The first kappa shape index (κ1) is 17.4. The summed E-state index contributed by atoms with van der Waals surface area (Å²) in [5, 5.41) is 0. The standard InChI is InChI=1S/C14H29NO3/c1-6-9-13(14(16)18-8-3)15(10-11-17-5)12(4)7-2/h12-13H,6-11H2,1-5H3. The summed E-state index contributed by atoms with van der Waals surface area (Å²) in [7, 11) is 1.69. The third-order valence-corrected chi connectivity index (χ3v) is 3.23. The lowest BCUT2D eigenvalue weighted by Gasteiger charge is -2.34. The van der Waals surface area contributed by atoms with E-state index >= 15 is 0 Å². The number of carbonyl (C=O) groups is 1. The van der Waals surface area contributed by atoms with Gasteiger partial charge in [0, 0.05) is 19.7 Å². The molecule has 4 nitrogen and oxygen atoms in total. The van der Waals surface area contributed by atoms with Gasteiger partial charge < -0.3 is 9.47 Å². The number of hydrogen-bond donors (Lipinski definition) is 0.